The molecule has 4 N–H and O–H groups in total. The van der Waals surface area contributed by atoms with Gasteiger partial charge in [-0.15, -0.1) is 0 Å². The van der Waals surface area contributed by atoms with Crippen LogP contribution in [-0.2, 0) is 12.6 Å². The summed E-state index contributed by atoms with van der Waals surface area (Å²) in [6.07, 6.45) is -2.49. The quantitative estimate of drug-likeness (QED) is 0.328. The van der Waals surface area contributed by atoms with Crippen LogP contribution in [0.5, 0.6) is 0 Å². The molecule has 0 atom stereocenters. The van der Waals surface area contributed by atoms with Crippen LogP contribution in [0.15, 0.2) is 67.3 Å². The first-order valence-electron chi connectivity index (χ1n) is 10.6. The second-order valence-corrected chi connectivity index (χ2v) is 8.13. The van der Waals surface area contributed by atoms with E-state index in [1.54, 1.807) is 6.07 Å². The standard InChI is InChI=1S/C24H24F3N7/c1-14(2)34-23-21(22(28)29-13-30-23)20(33-34)11-16-6-4-8-18(10-16)31-15(3)32-19-9-5-7-17(12-19)24(25,26)27/h4-10,12-14,31-32H,3,11H2,1-2H3,(H2,28,29,30). The third-order valence-electron chi connectivity index (χ3n) is 5.16. The number of alkyl halides is 3. The van der Waals surface area contributed by atoms with Gasteiger partial charge in [0.25, 0.3) is 0 Å². The molecule has 0 fully saturated rings. The Hall–Kier alpha value is -4.08. The van der Waals surface area contributed by atoms with Gasteiger partial charge >= 0.3 is 6.18 Å². The van der Waals surface area contributed by atoms with Gasteiger partial charge in [-0.25, -0.2) is 14.6 Å². The lowest BCUT2D eigenvalue weighted by Crippen LogP contribution is -2.10. The molecule has 0 aliphatic heterocycles. The van der Waals surface area contributed by atoms with E-state index < -0.39 is 11.7 Å². The minimum atomic E-state index is -4.41. The summed E-state index contributed by atoms with van der Waals surface area (Å²) in [4.78, 5) is 8.46. The molecule has 0 unspecified atom stereocenters. The maximum atomic E-state index is 13.0. The number of rotatable bonds is 7. The number of nitrogens with two attached hydrogens (primary N) is 1. The number of nitrogens with zero attached hydrogens (tertiary/aromatic N) is 4. The molecule has 2 heterocycles. The van der Waals surface area contributed by atoms with E-state index in [0.717, 1.165) is 34.5 Å². The highest BCUT2D eigenvalue weighted by Crippen LogP contribution is 2.31. The number of aromatic nitrogens is 4. The fourth-order valence-corrected chi connectivity index (χ4v) is 3.66. The van der Waals surface area contributed by atoms with Crippen LogP contribution in [0.1, 0.15) is 36.7 Å². The lowest BCUT2D eigenvalue weighted by atomic mass is 10.1. The van der Waals surface area contributed by atoms with E-state index in [2.05, 4.69) is 27.2 Å². The highest BCUT2D eigenvalue weighted by atomic mass is 19.4. The van der Waals surface area contributed by atoms with Gasteiger partial charge in [0, 0.05) is 23.8 Å². The van der Waals surface area contributed by atoms with Crippen LogP contribution in [0.4, 0.5) is 30.4 Å². The summed E-state index contributed by atoms with van der Waals surface area (Å²) in [5.41, 5.74) is 8.80. The number of nitrogen functional groups attached to an aromatic ring is 1. The van der Waals surface area contributed by atoms with Crippen LogP contribution < -0.4 is 16.4 Å². The summed E-state index contributed by atoms with van der Waals surface area (Å²) < 4.78 is 40.7. The highest BCUT2D eigenvalue weighted by Gasteiger charge is 2.30. The van der Waals surface area contributed by atoms with Crippen molar-refractivity contribution < 1.29 is 13.2 Å². The Labute approximate surface area is 194 Å². The molecule has 2 aromatic carbocycles. The molecule has 0 spiro atoms. The molecule has 4 rings (SSSR count). The van der Waals surface area contributed by atoms with E-state index in [9.17, 15) is 13.2 Å². The Morgan fingerprint density at radius 1 is 1.06 bits per heavy atom. The van der Waals surface area contributed by atoms with Crippen molar-refractivity contribution in [2.24, 2.45) is 0 Å². The average molecular weight is 467 g/mol. The highest BCUT2D eigenvalue weighted by molar-refractivity contribution is 5.88. The number of hydrogen-bond acceptors (Lipinski definition) is 6. The molecule has 2 aromatic heterocycles. The molecule has 7 nitrogen and oxygen atoms in total. The third kappa shape index (κ3) is 4.95. The minimum absolute atomic E-state index is 0.101. The molecule has 0 aliphatic rings. The Morgan fingerprint density at radius 3 is 2.41 bits per heavy atom. The van der Waals surface area contributed by atoms with E-state index in [1.807, 2.05) is 42.8 Å². The zero-order valence-electron chi connectivity index (χ0n) is 18.7. The molecule has 0 bridgehead atoms. The van der Waals surface area contributed by atoms with E-state index >= 15 is 0 Å². The molecule has 34 heavy (non-hydrogen) atoms. The molecule has 176 valence electrons. The van der Waals surface area contributed by atoms with Crippen molar-refractivity contribution in [1.29, 1.82) is 0 Å². The minimum Gasteiger partial charge on any atom is -0.383 e. The summed E-state index contributed by atoms with van der Waals surface area (Å²) in [6.45, 7) is 7.91. The first kappa shape index (κ1) is 23.1. The lowest BCUT2D eigenvalue weighted by Gasteiger charge is -2.14. The predicted molar refractivity (Wildman–Crippen MR) is 127 cm³/mol. The van der Waals surface area contributed by atoms with E-state index in [-0.39, 0.29) is 11.7 Å². The molecule has 0 amide bonds. The van der Waals surface area contributed by atoms with Crippen molar-refractivity contribution in [1.82, 2.24) is 19.7 Å². The smallest absolute Gasteiger partial charge is 0.383 e. The van der Waals surface area contributed by atoms with Crippen LogP contribution in [0.25, 0.3) is 11.0 Å². The van der Waals surface area contributed by atoms with Gasteiger partial charge in [-0.3, -0.25) is 0 Å². The Kier molecular flexibility index (Phi) is 6.14. The predicted octanol–water partition coefficient (Wildman–Crippen LogP) is 5.59. The SMILES string of the molecule is C=C(Nc1cccc(Cc2nn(C(C)C)c3ncnc(N)c23)c1)Nc1cccc(C(F)(F)F)c1. The second-order valence-electron chi connectivity index (χ2n) is 8.13. The lowest BCUT2D eigenvalue weighted by molar-refractivity contribution is -0.137. The fraction of sp³-hybridized carbons (Fsp3) is 0.208. The molecule has 0 aliphatic carbocycles. The Morgan fingerprint density at radius 2 is 1.74 bits per heavy atom. The topological polar surface area (TPSA) is 93.7 Å². The summed E-state index contributed by atoms with van der Waals surface area (Å²) in [5, 5.41) is 11.4. The largest absolute Gasteiger partial charge is 0.416 e. The third-order valence-corrected chi connectivity index (χ3v) is 5.16. The van der Waals surface area contributed by atoms with Crippen LogP contribution in [0.3, 0.4) is 0 Å². The first-order valence-corrected chi connectivity index (χ1v) is 10.6. The van der Waals surface area contributed by atoms with E-state index in [4.69, 9.17) is 10.8 Å². The molecule has 0 saturated carbocycles. The van der Waals surface area contributed by atoms with Crippen LogP contribution in [0, 0.1) is 0 Å². The second kappa shape index (κ2) is 9.05. The van der Waals surface area contributed by atoms with Crippen molar-refractivity contribution in [3.05, 3.63) is 84.1 Å². The van der Waals surface area contributed by atoms with Gasteiger partial charge in [0.2, 0.25) is 0 Å². The van der Waals surface area contributed by atoms with Crippen molar-refractivity contribution in [2.75, 3.05) is 16.4 Å². The maximum Gasteiger partial charge on any atom is 0.416 e. The first-order chi connectivity index (χ1) is 16.1. The van der Waals surface area contributed by atoms with Gasteiger partial charge in [-0.05, 0) is 49.7 Å². The average Bonchev–Trinajstić information content (AvgIpc) is 3.13. The van der Waals surface area contributed by atoms with Gasteiger partial charge in [-0.1, -0.05) is 24.8 Å². The number of halogens is 3. The van der Waals surface area contributed by atoms with E-state index in [1.165, 1.54) is 12.4 Å². The van der Waals surface area contributed by atoms with Crippen molar-refractivity contribution >= 4 is 28.2 Å². The van der Waals surface area contributed by atoms with Gasteiger partial charge in [0.15, 0.2) is 5.65 Å². The fourth-order valence-electron chi connectivity index (χ4n) is 3.66. The number of anilines is 3. The van der Waals surface area contributed by atoms with Gasteiger partial charge in [0.05, 0.1) is 16.6 Å². The maximum absolute atomic E-state index is 13.0. The van der Waals surface area contributed by atoms with Gasteiger partial charge in [0.1, 0.15) is 18.0 Å². The summed E-state index contributed by atoms with van der Waals surface area (Å²) in [6, 6.07) is 12.6. The van der Waals surface area contributed by atoms with Crippen LogP contribution >= 0.6 is 0 Å². The Bertz CT molecular complexity index is 1340. The van der Waals surface area contributed by atoms with E-state index in [0.29, 0.717) is 23.7 Å². The van der Waals surface area contributed by atoms with Crippen LogP contribution in [0.2, 0.25) is 0 Å². The summed E-state index contributed by atoms with van der Waals surface area (Å²) in [7, 11) is 0. The van der Waals surface area contributed by atoms with Crippen molar-refractivity contribution in [2.45, 2.75) is 32.5 Å². The zero-order valence-corrected chi connectivity index (χ0v) is 18.7. The number of hydrogen-bond donors (Lipinski definition) is 3. The number of benzene rings is 2. The molecular formula is C24H24F3N7. The number of nitrogens with one attached hydrogen (secondary N) is 2. The molecule has 0 radical (unpaired) electrons. The molecule has 4 aromatic rings. The number of fused-ring (bicyclic) bond motifs is 1. The van der Waals surface area contributed by atoms with Crippen molar-refractivity contribution in [3.8, 4) is 0 Å². The zero-order chi connectivity index (χ0) is 24.5. The van der Waals surface area contributed by atoms with Crippen LogP contribution in [-0.4, -0.2) is 19.7 Å². The summed E-state index contributed by atoms with van der Waals surface area (Å²) in [5.74, 6) is 0.712. The molecule has 10 heteroatoms. The van der Waals surface area contributed by atoms with Gasteiger partial charge < -0.3 is 16.4 Å². The monoisotopic (exact) mass is 467 g/mol. The molecule has 0 saturated heterocycles. The summed E-state index contributed by atoms with van der Waals surface area (Å²) >= 11 is 0. The van der Waals surface area contributed by atoms with Gasteiger partial charge in [-0.2, -0.15) is 18.3 Å². The normalized spacial score (nSPS) is 11.7. The molecular weight excluding hydrogens is 443 g/mol. The Balaban J connectivity index is 1.52. The van der Waals surface area contributed by atoms with Crippen molar-refractivity contribution in [3.63, 3.8) is 0 Å².